The summed E-state index contributed by atoms with van der Waals surface area (Å²) in [6, 6.07) is 16.9. The molecule has 0 saturated heterocycles. The van der Waals surface area contributed by atoms with Crippen molar-refractivity contribution in [1.29, 1.82) is 0 Å². The van der Waals surface area contributed by atoms with Gasteiger partial charge in [0.25, 0.3) is 11.8 Å². The molecular weight excluding hydrogens is 397 g/mol. The first kappa shape index (κ1) is 20.9. The van der Waals surface area contributed by atoms with Crippen molar-refractivity contribution in [2.45, 2.75) is 6.18 Å². The zero-order chi connectivity index (χ0) is 21.7. The van der Waals surface area contributed by atoms with E-state index in [1.165, 1.54) is 31.3 Å². The molecule has 0 aromatic heterocycles. The maximum absolute atomic E-state index is 12.8. The molecular formula is C22H17F3N2O3. The van der Waals surface area contributed by atoms with Crippen molar-refractivity contribution in [2.24, 2.45) is 0 Å². The number of halogens is 3. The average molecular weight is 414 g/mol. The van der Waals surface area contributed by atoms with Crippen molar-refractivity contribution in [3.63, 3.8) is 0 Å². The van der Waals surface area contributed by atoms with E-state index in [-0.39, 0.29) is 23.0 Å². The Morgan fingerprint density at radius 2 is 1.43 bits per heavy atom. The molecule has 2 N–H and O–H groups in total. The number of ether oxygens (including phenoxy) is 1. The minimum absolute atomic E-state index is 0.00664. The van der Waals surface area contributed by atoms with Gasteiger partial charge in [0, 0.05) is 23.9 Å². The third-order valence-corrected chi connectivity index (χ3v) is 4.13. The summed E-state index contributed by atoms with van der Waals surface area (Å²) >= 11 is 0. The van der Waals surface area contributed by atoms with Gasteiger partial charge < -0.3 is 15.4 Å². The van der Waals surface area contributed by atoms with Crippen LogP contribution >= 0.6 is 0 Å². The Balaban J connectivity index is 1.72. The summed E-state index contributed by atoms with van der Waals surface area (Å²) in [5.41, 5.74) is 0.368. The van der Waals surface area contributed by atoms with Gasteiger partial charge in [0.1, 0.15) is 11.5 Å². The molecule has 0 saturated carbocycles. The summed E-state index contributed by atoms with van der Waals surface area (Å²) in [6.45, 7) is 0. The van der Waals surface area contributed by atoms with E-state index < -0.39 is 17.6 Å². The van der Waals surface area contributed by atoms with Crippen molar-refractivity contribution in [2.75, 3.05) is 12.4 Å². The predicted octanol–water partition coefficient (Wildman–Crippen LogP) is 5.11. The summed E-state index contributed by atoms with van der Waals surface area (Å²) in [4.78, 5) is 24.0. The molecule has 154 valence electrons. The highest BCUT2D eigenvalue weighted by molar-refractivity contribution is 6.04. The second-order valence-corrected chi connectivity index (χ2v) is 6.27. The second-order valence-electron chi connectivity index (χ2n) is 6.27. The van der Waals surface area contributed by atoms with Crippen molar-refractivity contribution >= 4 is 17.5 Å². The van der Waals surface area contributed by atoms with Gasteiger partial charge in [-0.3, -0.25) is 9.59 Å². The lowest BCUT2D eigenvalue weighted by molar-refractivity contribution is -0.137. The minimum Gasteiger partial charge on any atom is -0.457 e. The molecule has 2 amide bonds. The van der Waals surface area contributed by atoms with Crippen LogP contribution in [0.5, 0.6) is 11.5 Å². The molecule has 0 aliphatic heterocycles. The van der Waals surface area contributed by atoms with Crippen molar-refractivity contribution in [3.05, 3.63) is 89.5 Å². The Hall–Kier alpha value is -3.81. The minimum atomic E-state index is -4.48. The van der Waals surface area contributed by atoms with Crippen LogP contribution in [0.4, 0.5) is 18.9 Å². The first-order valence-corrected chi connectivity index (χ1v) is 8.85. The Morgan fingerprint density at radius 3 is 2.07 bits per heavy atom. The largest absolute Gasteiger partial charge is 0.457 e. The monoisotopic (exact) mass is 414 g/mol. The molecule has 0 heterocycles. The Bertz CT molecular complexity index is 1060. The van der Waals surface area contributed by atoms with Crippen LogP contribution in [0.2, 0.25) is 0 Å². The second kappa shape index (κ2) is 8.69. The highest BCUT2D eigenvalue weighted by Crippen LogP contribution is 2.32. The molecule has 8 heteroatoms. The first-order chi connectivity index (χ1) is 14.3. The fraction of sp³-hybridized carbons (Fsp3) is 0.0909. The van der Waals surface area contributed by atoms with Crippen molar-refractivity contribution in [3.8, 4) is 11.5 Å². The normalized spacial score (nSPS) is 10.9. The number of anilines is 1. The lowest BCUT2D eigenvalue weighted by Gasteiger charge is -2.11. The summed E-state index contributed by atoms with van der Waals surface area (Å²) in [5, 5.41) is 5.19. The van der Waals surface area contributed by atoms with Crippen molar-refractivity contribution < 1.29 is 27.5 Å². The Kier molecular flexibility index (Phi) is 6.06. The predicted molar refractivity (Wildman–Crippen MR) is 106 cm³/mol. The van der Waals surface area contributed by atoms with E-state index in [4.69, 9.17) is 4.74 Å². The Morgan fingerprint density at radius 1 is 0.800 bits per heavy atom. The molecule has 0 aliphatic rings. The van der Waals surface area contributed by atoms with E-state index in [0.29, 0.717) is 11.3 Å². The quantitative estimate of drug-likeness (QED) is 0.610. The molecule has 0 aliphatic carbocycles. The third-order valence-electron chi connectivity index (χ3n) is 4.13. The number of hydrogen-bond donors (Lipinski definition) is 2. The van der Waals surface area contributed by atoms with Crippen LogP contribution in [-0.2, 0) is 6.18 Å². The topological polar surface area (TPSA) is 67.4 Å². The average Bonchev–Trinajstić information content (AvgIpc) is 2.73. The Labute approximate surface area is 170 Å². The number of hydrogen-bond acceptors (Lipinski definition) is 3. The molecule has 0 spiro atoms. The van der Waals surface area contributed by atoms with Gasteiger partial charge >= 0.3 is 6.18 Å². The first-order valence-electron chi connectivity index (χ1n) is 8.85. The van der Waals surface area contributed by atoms with Gasteiger partial charge in [-0.05, 0) is 60.7 Å². The number of carbonyl (C=O) groups excluding carboxylic acids is 2. The summed E-state index contributed by atoms with van der Waals surface area (Å²) < 4.78 is 44.0. The number of benzene rings is 3. The van der Waals surface area contributed by atoms with Crippen LogP contribution in [-0.4, -0.2) is 18.9 Å². The molecule has 3 aromatic carbocycles. The lowest BCUT2D eigenvalue weighted by Crippen LogP contribution is -2.17. The van der Waals surface area contributed by atoms with Crippen LogP contribution in [0.15, 0.2) is 72.8 Å². The molecule has 0 unspecified atom stereocenters. The molecule has 30 heavy (non-hydrogen) atoms. The maximum Gasteiger partial charge on any atom is 0.416 e. The molecule has 3 aromatic rings. The fourth-order valence-corrected chi connectivity index (χ4v) is 2.63. The molecule has 0 atom stereocenters. The molecule has 0 radical (unpaired) electrons. The van der Waals surface area contributed by atoms with E-state index in [0.717, 1.165) is 12.1 Å². The number of rotatable bonds is 5. The highest BCUT2D eigenvalue weighted by atomic mass is 19.4. The van der Waals surface area contributed by atoms with Crippen molar-refractivity contribution in [1.82, 2.24) is 5.32 Å². The van der Waals surface area contributed by atoms with E-state index >= 15 is 0 Å². The van der Waals surface area contributed by atoms with Gasteiger partial charge in [0.2, 0.25) is 0 Å². The summed E-state index contributed by atoms with van der Waals surface area (Å²) in [6.07, 6.45) is -4.48. The standard InChI is InChI=1S/C22H17F3N2O3/c1-26-20(28)14-8-10-17(11-9-14)27-21(29)15-4-2-6-18(12-15)30-19-7-3-5-16(13-19)22(23,24)25/h2-13H,1H3,(H,26,28)(H,27,29). The smallest absolute Gasteiger partial charge is 0.416 e. The summed E-state index contributed by atoms with van der Waals surface area (Å²) in [5.74, 6) is -0.450. The van der Waals surface area contributed by atoms with Crippen LogP contribution in [0.3, 0.4) is 0 Å². The van der Waals surface area contributed by atoms with E-state index in [2.05, 4.69) is 10.6 Å². The molecule has 5 nitrogen and oxygen atoms in total. The van der Waals surface area contributed by atoms with Gasteiger partial charge in [-0.1, -0.05) is 12.1 Å². The number of nitrogens with one attached hydrogen (secondary N) is 2. The molecule has 0 fully saturated rings. The van der Waals surface area contributed by atoms with Crippen LogP contribution in [0.1, 0.15) is 26.3 Å². The van der Waals surface area contributed by atoms with E-state index in [9.17, 15) is 22.8 Å². The van der Waals surface area contributed by atoms with E-state index in [1.807, 2.05) is 0 Å². The van der Waals surface area contributed by atoms with Gasteiger partial charge in [-0.2, -0.15) is 13.2 Å². The molecule has 3 rings (SSSR count). The van der Waals surface area contributed by atoms with Gasteiger partial charge in [0.05, 0.1) is 5.56 Å². The number of alkyl halides is 3. The fourth-order valence-electron chi connectivity index (χ4n) is 2.63. The SMILES string of the molecule is CNC(=O)c1ccc(NC(=O)c2cccc(Oc3cccc(C(F)(F)F)c3)c2)cc1. The van der Waals surface area contributed by atoms with Crippen LogP contribution in [0.25, 0.3) is 0 Å². The number of amides is 2. The lowest BCUT2D eigenvalue weighted by atomic mass is 10.1. The van der Waals surface area contributed by atoms with Gasteiger partial charge in [0.15, 0.2) is 0 Å². The van der Waals surface area contributed by atoms with Gasteiger partial charge in [-0.25, -0.2) is 0 Å². The van der Waals surface area contributed by atoms with Crippen LogP contribution in [0, 0.1) is 0 Å². The van der Waals surface area contributed by atoms with Gasteiger partial charge in [-0.15, -0.1) is 0 Å². The zero-order valence-corrected chi connectivity index (χ0v) is 15.8. The maximum atomic E-state index is 12.8. The zero-order valence-electron chi connectivity index (χ0n) is 15.8. The third kappa shape index (κ3) is 5.16. The van der Waals surface area contributed by atoms with E-state index in [1.54, 1.807) is 36.4 Å². The number of carbonyl (C=O) groups is 2. The van der Waals surface area contributed by atoms with Crippen LogP contribution < -0.4 is 15.4 Å². The highest BCUT2D eigenvalue weighted by Gasteiger charge is 2.30. The summed E-state index contributed by atoms with van der Waals surface area (Å²) in [7, 11) is 1.52. The molecule has 0 bridgehead atoms.